The van der Waals surface area contributed by atoms with Crippen LogP contribution in [0, 0.1) is 0 Å². The molecule has 0 aliphatic carbocycles. The van der Waals surface area contributed by atoms with E-state index in [0.717, 1.165) is 12.1 Å². The molecule has 2 aromatic rings. The quantitative estimate of drug-likeness (QED) is 0.863. The van der Waals surface area contributed by atoms with E-state index >= 15 is 0 Å². The SMILES string of the molecule is C[C@H](NS(=O)(=O)c1ccc(C(=O)O)o1)c1ccco1. The summed E-state index contributed by atoms with van der Waals surface area (Å²) in [6.07, 6.45) is 1.43. The summed E-state index contributed by atoms with van der Waals surface area (Å²) in [5, 5.41) is 8.22. The van der Waals surface area contributed by atoms with Crippen molar-refractivity contribution in [1.29, 1.82) is 0 Å². The average Bonchev–Trinajstić information content (AvgIpc) is 3.00. The molecule has 0 spiro atoms. The molecule has 2 heterocycles. The van der Waals surface area contributed by atoms with Gasteiger partial charge in [0.2, 0.25) is 10.9 Å². The molecule has 2 aromatic heterocycles. The number of carboxylic acids is 1. The lowest BCUT2D eigenvalue weighted by Gasteiger charge is -2.09. The second-order valence-corrected chi connectivity index (χ2v) is 5.43. The smallest absolute Gasteiger partial charge is 0.371 e. The second-order valence-electron chi connectivity index (χ2n) is 3.78. The number of carboxylic acid groups (broad SMARTS) is 1. The van der Waals surface area contributed by atoms with E-state index in [1.165, 1.54) is 6.26 Å². The Kier molecular flexibility index (Phi) is 3.45. The van der Waals surface area contributed by atoms with Gasteiger partial charge in [-0.25, -0.2) is 13.2 Å². The average molecular weight is 285 g/mol. The summed E-state index contributed by atoms with van der Waals surface area (Å²) in [5.74, 6) is -1.33. The van der Waals surface area contributed by atoms with Gasteiger partial charge in [-0.1, -0.05) is 0 Å². The van der Waals surface area contributed by atoms with Crippen molar-refractivity contribution in [3.63, 3.8) is 0 Å². The van der Waals surface area contributed by atoms with Crippen LogP contribution in [0.3, 0.4) is 0 Å². The highest BCUT2D eigenvalue weighted by Gasteiger charge is 2.24. The summed E-state index contributed by atoms with van der Waals surface area (Å²) in [5.41, 5.74) is 0. The minimum Gasteiger partial charge on any atom is -0.475 e. The Morgan fingerprint density at radius 1 is 1.37 bits per heavy atom. The molecule has 0 aliphatic rings. The molecule has 0 bridgehead atoms. The van der Waals surface area contributed by atoms with Crippen LogP contribution in [0.1, 0.15) is 29.3 Å². The van der Waals surface area contributed by atoms with Crippen molar-refractivity contribution in [3.05, 3.63) is 42.0 Å². The fourth-order valence-corrected chi connectivity index (χ4v) is 2.61. The summed E-state index contributed by atoms with van der Waals surface area (Å²) in [7, 11) is -3.94. The third kappa shape index (κ3) is 2.85. The number of aromatic carboxylic acids is 1. The normalized spacial score (nSPS) is 13.3. The highest BCUT2D eigenvalue weighted by atomic mass is 32.2. The van der Waals surface area contributed by atoms with Gasteiger partial charge in [-0.15, -0.1) is 0 Å². The predicted octanol–water partition coefficient (Wildman–Crippen LogP) is 1.61. The van der Waals surface area contributed by atoms with Crippen LogP contribution < -0.4 is 4.72 Å². The van der Waals surface area contributed by atoms with Gasteiger partial charge in [-0.3, -0.25) is 0 Å². The molecule has 0 saturated heterocycles. The number of sulfonamides is 1. The maximum atomic E-state index is 11.9. The van der Waals surface area contributed by atoms with Gasteiger partial charge in [0.15, 0.2) is 0 Å². The molecule has 0 unspecified atom stereocenters. The van der Waals surface area contributed by atoms with Gasteiger partial charge >= 0.3 is 5.97 Å². The Balaban J connectivity index is 2.20. The van der Waals surface area contributed by atoms with Gasteiger partial charge in [0, 0.05) is 0 Å². The molecule has 2 rings (SSSR count). The number of carbonyl (C=O) groups is 1. The molecule has 0 saturated carbocycles. The van der Waals surface area contributed by atoms with Crippen LogP contribution in [0.4, 0.5) is 0 Å². The van der Waals surface area contributed by atoms with Crippen LogP contribution in [-0.2, 0) is 10.0 Å². The summed E-state index contributed by atoms with van der Waals surface area (Å²) in [6, 6.07) is 4.82. The van der Waals surface area contributed by atoms with E-state index in [1.54, 1.807) is 19.1 Å². The van der Waals surface area contributed by atoms with Crippen LogP contribution in [0.25, 0.3) is 0 Å². The summed E-state index contributed by atoms with van der Waals surface area (Å²) < 4.78 is 36.0. The molecule has 0 radical (unpaired) electrons. The minimum absolute atomic E-state index is 0.439. The zero-order valence-corrected chi connectivity index (χ0v) is 10.7. The molecule has 0 aliphatic heterocycles. The van der Waals surface area contributed by atoms with E-state index in [4.69, 9.17) is 13.9 Å². The highest BCUT2D eigenvalue weighted by molar-refractivity contribution is 7.89. The maximum Gasteiger partial charge on any atom is 0.371 e. The topological polar surface area (TPSA) is 110 Å². The monoisotopic (exact) mass is 285 g/mol. The van der Waals surface area contributed by atoms with Crippen molar-refractivity contribution in [2.45, 2.75) is 18.1 Å². The van der Waals surface area contributed by atoms with Crippen molar-refractivity contribution >= 4 is 16.0 Å². The first-order valence-corrected chi connectivity index (χ1v) is 6.77. The number of furan rings is 2. The van der Waals surface area contributed by atoms with Gasteiger partial charge in [0.25, 0.3) is 10.0 Å². The molecular formula is C11H11NO6S. The van der Waals surface area contributed by atoms with Crippen molar-refractivity contribution in [2.24, 2.45) is 0 Å². The first-order valence-electron chi connectivity index (χ1n) is 5.29. The molecule has 0 amide bonds. The van der Waals surface area contributed by atoms with E-state index in [9.17, 15) is 13.2 Å². The van der Waals surface area contributed by atoms with Crippen molar-refractivity contribution < 1.29 is 27.2 Å². The fraction of sp³-hybridized carbons (Fsp3) is 0.182. The number of rotatable bonds is 5. The molecular weight excluding hydrogens is 274 g/mol. The van der Waals surface area contributed by atoms with Crippen molar-refractivity contribution in [3.8, 4) is 0 Å². The van der Waals surface area contributed by atoms with Crippen LogP contribution >= 0.6 is 0 Å². The Hall–Kier alpha value is -2.06. The minimum atomic E-state index is -3.94. The van der Waals surface area contributed by atoms with Gasteiger partial charge in [-0.05, 0) is 31.2 Å². The zero-order chi connectivity index (χ0) is 14.0. The molecule has 2 N–H and O–H groups in total. The summed E-state index contributed by atoms with van der Waals surface area (Å²) in [6.45, 7) is 1.59. The lowest BCUT2D eigenvalue weighted by atomic mass is 10.3. The first kappa shape index (κ1) is 13.4. The van der Waals surface area contributed by atoms with Crippen molar-refractivity contribution in [1.82, 2.24) is 4.72 Å². The van der Waals surface area contributed by atoms with E-state index < -0.39 is 32.9 Å². The van der Waals surface area contributed by atoms with Crippen molar-refractivity contribution in [2.75, 3.05) is 0 Å². The van der Waals surface area contributed by atoms with E-state index in [-0.39, 0.29) is 0 Å². The third-order valence-corrected chi connectivity index (χ3v) is 3.77. The van der Waals surface area contributed by atoms with Crippen LogP contribution in [-0.4, -0.2) is 19.5 Å². The van der Waals surface area contributed by atoms with E-state index in [0.29, 0.717) is 5.76 Å². The van der Waals surface area contributed by atoms with Gasteiger partial charge < -0.3 is 13.9 Å². The maximum absolute atomic E-state index is 11.9. The van der Waals surface area contributed by atoms with Crippen LogP contribution in [0.15, 0.2) is 44.5 Å². The Morgan fingerprint density at radius 2 is 2.11 bits per heavy atom. The first-order chi connectivity index (χ1) is 8.90. The second kappa shape index (κ2) is 4.90. The molecule has 19 heavy (non-hydrogen) atoms. The predicted molar refractivity (Wildman–Crippen MR) is 63.1 cm³/mol. The van der Waals surface area contributed by atoms with Gasteiger partial charge in [-0.2, -0.15) is 4.72 Å². The molecule has 0 fully saturated rings. The number of hydrogen-bond acceptors (Lipinski definition) is 5. The molecule has 7 nitrogen and oxygen atoms in total. The molecule has 8 heteroatoms. The summed E-state index contributed by atoms with van der Waals surface area (Å²) in [4.78, 5) is 10.6. The van der Waals surface area contributed by atoms with Gasteiger partial charge in [0.1, 0.15) is 5.76 Å². The zero-order valence-electron chi connectivity index (χ0n) is 9.86. The lowest BCUT2D eigenvalue weighted by Crippen LogP contribution is -2.26. The largest absolute Gasteiger partial charge is 0.475 e. The van der Waals surface area contributed by atoms with Crippen LogP contribution in [0.2, 0.25) is 0 Å². The summed E-state index contributed by atoms with van der Waals surface area (Å²) >= 11 is 0. The third-order valence-electron chi connectivity index (χ3n) is 2.36. The Morgan fingerprint density at radius 3 is 2.63 bits per heavy atom. The Labute approximate surface area is 108 Å². The lowest BCUT2D eigenvalue weighted by molar-refractivity contribution is 0.0656. The molecule has 1 atom stereocenters. The van der Waals surface area contributed by atoms with E-state index in [1.807, 2.05) is 0 Å². The number of nitrogens with one attached hydrogen (secondary N) is 1. The fourth-order valence-electron chi connectivity index (χ4n) is 1.47. The van der Waals surface area contributed by atoms with Gasteiger partial charge in [0.05, 0.1) is 12.3 Å². The standard InChI is InChI=1S/C11H11NO6S/c1-7(8-3-2-6-17-8)12-19(15,16)10-5-4-9(18-10)11(13)14/h2-7,12H,1H3,(H,13,14)/t7-/m0/s1. The number of hydrogen-bond donors (Lipinski definition) is 2. The highest BCUT2D eigenvalue weighted by Crippen LogP contribution is 2.19. The van der Waals surface area contributed by atoms with Crippen LogP contribution in [0.5, 0.6) is 0 Å². The molecule has 102 valence electrons. The Bertz CT molecular complexity index is 670. The molecule has 0 aromatic carbocycles. The van der Waals surface area contributed by atoms with E-state index in [2.05, 4.69) is 4.72 Å².